The fourth-order valence-electron chi connectivity index (χ4n) is 3.05. The number of rotatable bonds is 3. The van der Waals surface area contributed by atoms with E-state index in [1.165, 1.54) is 18.5 Å². The number of nitrogens with zero attached hydrogens (tertiary/aromatic N) is 1. The molecule has 1 aliphatic rings. The maximum absolute atomic E-state index is 12.3. The van der Waals surface area contributed by atoms with Crippen molar-refractivity contribution >= 4 is 17.3 Å². The molecule has 0 atom stereocenters. The Bertz CT molecular complexity index is 650. The van der Waals surface area contributed by atoms with E-state index in [0.29, 0.717) is 5.56 Å². The molecule has 0 aromatic heterocycles. The number of hydrogen-bond acceptors (Lipinski definition) is 2. The normalized spacial score (nSPS) is 14.2. The van der Waals surface area contributed by atoms with E-state index in [1.807, 2.05) is 50.2 Å². The Morgan fingerprint density at radius 1 is 0.955 bits per heavy atom. The smallest absolute Gasteiger partial charge is 0.255 e. The second-order valence-electron chi connectivity index (χ2n) is 6.07. The molecule has 0 saturated carbocycles. The minimum absolute atomic E-state index is 0.0574. The van der Waals surface area contributed by atoms with Crippen LogP contribution in [0.5, 0.6) is 0 Å². The lowest BCUT2D eigenvalue weighted by atomic mass is 10.1. The van der Waals surface area contributed by atoms with Crippen molar-refractivity contribution in [2.75, 3.05) is 23.3 Å². The van der Waals surface area contributed by atoms with Gasteiger partial charge in [-0.15, -0.1) is 0 Å². The number of amides is 1. The lowest BCUT2D eigenvalue weighted by molar-refractivity contribution is 0.102. The van der Waals surface area contributed by atoms with Gasteiger partial charge in [-0.1, -0.05) is 6.07 Å². The molecular weight excluding hydrogens is 272 g/mol. The van der Waals surface area contributed by atoms with E-state index < -0.39 is 0 Å². The van der Waals surface area contributed by atoms with Gasteiger partial charge in [-0.2, -0.15) is 0 Å². The summed E-state index contributed by atoms with van der Waals surface area (Å²) in [7, 11) is 0. The van der Waals surface area contributed by atoms with Gasteiger partial charge in [0.15, 0.2) is 0 Å². The van der Waals surface area contributed by atoms with Crippen molar-refractivity contribution in [1.82, 2.24) is 0 Å². The average molecular weight is 294 g/mol. The highest BCUT2D eigenvalue weighted by molar-refractivity contribution is 6.04. The molecule has 3 rings (SSSR count). The third kappa shape index (κ3) is 3.30. The van der Waals surface area contributed by atoms with Crippen molar-refractivity contribution in [3.63, 3.8) is 0 Å². The number of carbonyl (C=O) groups excluding carboxylic acids is 1. The summed E-state index contributed by atoms with van der Waals surface area (Å²) in [6.45, 7) is 6.31. The van der Waals surface area contributed by atoms with E-state index in [1.54, 1.807) is 0 Å². The van der Waals surface area contributed by atoms with Crippen molar-refractivity contribution in [3.05, 3.63) is 59.2 Å². The minimum atomic E-state index is -0.0574. The molecule has 1 amide bonds. The molecule has 22 heavy (non-hydrogen) atoms. The monoisotopic (exact) mass is 294 g/mol. The fraction of sp³-hybridized carbons (Fsp3) is 0.316. The van der Waals surface area contributed by atoms with Crippen LogP contribution < -0.4 is 10.2 Å². The Balaban J connectivity index is 1.71. The highest BCUT2D eigenvalue weighted by Gasteiger charge is 2.13. The molecule has 1 aliphatic heterocycles. The Morgan fingerprint density at radius 2 is 1.55 bits per heavy atom. The summed E-state index contributed by atoms with van der Waals surface area (Å²) in [5.74, 6) is -0.0574. The summed E-state index contributed by atoms with van der Waals surface area (Å²) in [5, 5.41) is 2.98. The van der Waals surface area contributed by atoms with E-state index in [-0.39, 0.29) is 5.91 Å². The van der Waals surface area contributed by atoms with Crippen LogP contribution >= 0.6 is 0 Å². The fourth-order valence-corrected chi connectivity index (χ4v) is 3.05. The lowest BCUT2D eigenvalue weighted by Crippen LogP contribution is -2.18. The molecule has 1 saturated heterocycles. The van der Waals surface area contributed by atoms with Crippen LogP contribution in [-0.2, 0) is 0 Å². The van der Waals surface area contributed by atoms with Crippen LogP contribution in [0.3, 0.4) is 0 Å². The second kappa shape index (κ2) is 6.22. The van der Waals surface area contributed by atoms with E-state index in [2.05, 4.69) is 16.3 Å². The van der Waals surface area contributed by atoms with Crippen LogP contribution in [0.15, 0.2) is 42.5 Å². The average Bonchev–Trinajstić information content (AvgIpc) is 3.00. The van der Waals surface area contributed by atoms with E-state index in [4.69, 9.17) is 0 Å². The second-order valence-corrected chi connectivity index (χ2v) is 6.07. The lowest BCUT2D eigenvalue weighted by Gasteiger charge is -2.17. The van der Waals surface area contributed by atoms with Crippen molar-refractivity contribution < 1.29 is 4.79 Å². The summed E-state index contributed by atoms with van der Waals surface area (Å²) in [6.07, 6.45) is 2.52. The number of aryl methyl sites for hydroxylation is 2. The summed E-state index contributed by atoms with van der Waals surface area (Å²) in [6, 6.07) is 14.0. The minimum Gasteiger partial charge on any atom is -0.372 e. The number of benzene rings is 2. The largest absolute Gasteiger partial charge is 0.372 e. The van der Waals surface area contributed by atoms with Gasteiger partial charge in [0.1, 0.15) is 0 Å². The Labute approximate surface area is 132 Å². The van der Waals surface area contributed by atoms with Crippen LogP contribution in [0.4, 0.5) is 11.4 Å². The van der Waals surface area contributed by atoms with Crippen molar-refractivity contribution in [1.29, 1.82) is 0 Å². The van der Waals surface area contributed by atoms with Crippen LogP contribution in [0.1, 0.15) is 34.3 Å². The molecular formula is C19H22N2O. The molecule has 1 fully saturated rings. The van der Waals surface area contributed by atoms with E-state index in [0.717, 1.165) is 29.9 Å². The molecule has 114 valence electrons. The third-order valence-electron chi connectivity index (χ3n) is 4.08. The predicted molar refractivity (Wildman–Crippen MR) is 91.8 cm³/mol. The molecule has 3 nitrogen and oxygen atoms in total. The van der Waals surface area contributed by atoms with Gasteiger partial charge in [0.05, 0.1) is 0 Å². The van der Waals surface area contributed by atoms with Crippen molar-refractivity contribution in [2.45, 2.75) is 26.7 Å². The van der Waals surface area contributed by atoms with Crippen molar-refractivity contribution in [2.24, 2.45) is 0 Å². The maximum atomic E-state index is 12.3. The molecule has 0 spiro atoms. The van der Waals surface area contributed by atoms with Gasteiger partial charge in [0, 0.05) is 30.0 Å². The Kier molecular flexibility index (Phi) is 4.14. The van der Waals surface area contributed by atoms with Gasteiger partial charge < -0.3 is 10.2 Å². The Morgan fingerprint density at radius 3 is 2.14 bits per heavy atom. The molecule has 2 aromatic carbocycles. The predicted octanol–water partition coefficient (Wildman–Crippen LogP) is 4.16. The summed E-state index contributed by atoms with van der Waals surface area (Å²) < 4.78 is 0. The van der Waals surface area contributed by atoms with Crippen LogP contribution in [0.2, 0.25) is 0 Å². The van der Waals surface area contributed by atoms with Crippen LogP contribution in [0.25, 0.3) is 0 Å². The van der Waals surface area contributed by atoms with Crippen LogP contribution in [0, 0.1) is 13.8 Å². The molecule has 3 heteroatoms. The first-order chi connectivity index (χ1) is 10.6. The molecule has 2 aromatic rings. The Hall–Kier alpha value is -2.29. The van der Waals surface area contributed by atoms with Crippen LogP contribution in [-0.4, -0.2) is 19.0 Å². The first-order valence-corrected chi connectivity index (χ1v) is 7.86. The zero-order chi connectivity index (χ0) is 15.5. The summed E-state index contributed by atoms with van der Waals surface area (Å²) in [4.78, 5) is 14.7. The molecule has 0 unspecified atom stereocenters. The van der Waals surface area contributed by atoms with Gasteiger partial charge in [-0.3, -0.25) is 4.79 Å². The van der Waals surface area contributed by atoms with E-state index >= 15 is 0 Å². The number of anilines is 2. The van der Waals surface area contributed by atoms with Gasteiger partial charge in [-0.05, 0) is 74.2 Å². The standard InChI is InChI=1S/C19H22N2O/c1-14-11-15(2)13-17(12-14)20-19(22)16-5-7-18(8-6-16)21-9-3-4-10-21/h5-8,11-13H,3-4,9-10H2,1-2H3,(H,20,22). The first kappa shape index (κ1) is 14.6. The molecule has 1 N–H and O–H groups in total. The zero-order valence-electron chi connectivity index (χ0n) is 13.2. The number of carbonyl (C=O) groups is 1. The topological polar surface area (TPSA) is 32.3 Å². The van der Waals surface area contributed by atoms with Gasteiger partial charge >= 0.3 is 0 Å². The number of nitrogens with one attached hydrogen (secondary N) is 1. The molecule has 0 aliphatic carbocycles. The highest BCUT2D eigenvalue weighted by Crippen LogP contribution is 2.21. The van der Waals surface area contributed by atoms with Gasteiger partial charge in [-0.25, -0.2) is 0 Å². The molecule has 0 radical (unpaired) electrons. The molecule has 1 heterocycles. The van der Waals surface area contributed by atoms with Crippen molar-refractivity contribution in [3.8, 4) is 0 Å². The third-order valence-corrected chi connectivity index (χ3v) is 4.08. The number of hydrogen-bond donors (Lipinski definition) is 1. The first-order valence-electron chi connectivity index (χ1n) is 7.86. The quantitative estimate of drug-likeness (QED) is 0.922. The summed E-state index contributed by atoms with van der Waals surface area (Å²) in [5.41, 5.74) is 5.06. The van der Waals surface area contributed by atoms with Gasteiger partial charge in [0.2, 0.25) is 0 Å². The maximum Gasteiger partial charge on any atom is 0.255 e. The highest BCUT2D eigenvalue weighted by atomic mass is 16.1. The molecule has 0 bridgehead atoms. The summed E-state index contributed by atoms with van der Waals surface area (Å²) >= 11 is 0. The zero-order valence-corrected chi connectivity index (χ0v) is 13.2. The van der Waals surface area contributed by atoms with E-state index in [9.17, 15) is 4.79 Å². The van der Waals surface area contributed by atoms with Gasteiger partial charge in [0.25, 0.3) is 5.91 Å². The SMILES string of the molecule is Cc1cc(C)cc(NC(=O)c2ccc(N3CCCC3)cc2)c1.